The molecule has 1 atom stereocenters. The minimum absolute atomic E-state index is 0.116. The predicted octanol–water partition coefficient (Wildman–Crippen LogP) is 4.98. The summed E-state index contributed by atoms with van der Waals surface area (Å²) in [6.45, 7) is 6.49. The minimum atomic E-state index is -0.669. The van der Waals surface area contributed by atoms with E-state index >= 15 is 0 Å². The van der Waals surface area contributed by atoms with Crippen molar-refractivity contribution in [2.24, 2.45) is 0 Å². The largest absolute Gasteiger partial charge is 0.481 e. The number of thioether (sulfide) groups is 1. The molecule has 11 heteroatoms. The van der Waals surface area contributed by atoms with Crippen LogP contribution in [0.25, 0.3) is 0 Å². The quantitative estimate of drug-likeness (QED) is 0.336. The average molecular weight is 536 g/mol. The number of aryl methyl sites for hydroxylation is 1. The van der Waals surface area contributed by atoms with E-state index in [4.69, 9.17) is 27.9 Å². The van der Waals surface area contributed by atoms with Crippen molar-refractivity contribution in [2.75, 3.05) is 11.1 Å². The zero-order valence-corrected chi connectivity index (χ0v) is 22.0. The highest BCUT2D eigenvalue weighted by Gasteiger charge is 2.18. The molecule has 0 saturated heterocycles. The van der Waals surface area contributed by atoms with Crippen LogP contribution in [0.1, 0.15) is 32.2 Å². The molecular formula is C24H27Cl2N5O3S. The van der Waals surface area contributed by atoms with Crippen LogP contribution in [0.4, 0.5) is 5.69 Å². The van der Waals surface area contributed by atoms with E-state index in [2.05, 4.69) is 27.8 Å². The van der Waals surface area contributed by atoms with Crippen LogP contribution in [-0.2, 0) is 29.1 Å². The predicted molar refractivity (Wildman–Crippen MR) is 139 cm³/mol. The second kappa shape index (κ2) is 12.8. The van der Waals surface area contributed by atoms with E-state index in [-0.39, 0.29) is 24.1 Å². The van der Waals surface area contributed by atoms with Gasteiger partial charge in [0.1, 0.15) is 5.75 Å². The van der Waals surface area contributed by atoms with Gasteiger partial charge >= 0.3 is 0 Å². The van der Waals surface area contributed by atoms with Gasteiger partial charge in [-0.05, 0) is 56.2 Å². The monoisotopic (exact) mass is 535 g/mol. The zero-order valence-electron chi connectivity index (χ0n) is 19.7. The summed E-state index contributed by atoms with van der Waals surface area (Å²) >= 11 is 13.2. The molecule has 0 fully saturated rings. The van der Waals surface area contributed by atoms with Gasteiger partial charge in [-0.1, -0.05) is 54.0 Å². The lowest BCUT2D eigenvalue weighted by molar-refractivity contribution is -0.127. The number of aromatic nitrogens is 3. The minimum Gasteiger partial charge on any atom is -0.481 e. The van der Waals surface area contributed by atoms with Crippen LogP contribution in [0, 0.1) is 0 Å². The maximum atomic E-state index is 12.5. The van der Waals surface area contributed by atoms with Gasteiger partial charge in [-0.2, -0.15) is 0 Å². The number of hydrogen-bond donors (Lipinski definition) is 2. The van der Waals surface area contributed by atoms with Crippen LogP contribution in [0.3, 0.4) is 0 Å². The lowest BCUT2D eigenvalue weighted by Gasteiger charge is -2.15. The summed E-state index contributed by atoms with van der Waals surface area (Å²) in [5.74, 6) is 0.842. The van der Waals surface area contributed by atoms with Gasteiger partial charge in [0.05, 0.1) is 23.0 Å². The Kier molecular flexibility index (Phi) is 9.83. The Morgan fingerprint density at radius 3 is 2.51 bits per heavy atom. The number of halogens is 2. The fourth-order valence-electron chi connectivity index (χ4n) is 3.15. The van der Waals surface area contributed by atoms with Crippen LogP contribution in [0.5, 0.6) is 5.75 Å². The van der Waals surface area contributed by atoms with E-state index in [1.165, 1.54) is 17.3 Å². The number of nitrogens with zero attached hydrogens (tertiary/aromatic N) is 3. The molecule has 1 heterocycles. The van der Waals surface area contributed by atoms with E-state index < -0.39 is 6.10 Å². The second-order valence-corrected chi connectivity index (χ2v) is 9.37. The molecule has 1 aromatic heterocycles. The Bertz CT molecular complexity index is 1170. The van der Waals surface area contributed by atoms with E-state index in [1.54, 1.807) is 25.1 Å². The van der Waals surface area contributed by atoms with E-state index in [0.29, 0.717) is 39.0 Å². The smallest absolute Gasteiger partial charge is 0.261 e. The topological polar surface area (TPSA) is 98.1 Å². The van der Waals surface area contributed by atoms with Crippen molar-refractivity contribution >= 4 is 52.5 Å². The molecule has 0 spiro atoms. The standard InChI is InChI=1S/C24H27Cl2N5O3S/c1-4-16-6-9-18(10-7-16)34-15(3)23(33)27-13-21-29-30-24(31(21)5-2)35-14-22(32)28-20-11-8-17(25)12-19(20)26/h6-12,15H,4-5,13-14H2,1-3H3,(H,27,33)(H,28,32)/t15-/m0/s1. The van der Waals surface area contributed by atoms with Crippen molar-refractivity contribution in [1.82, 2.24) is 20.1 Å². The van der Waals surface area contributed by atoms with Gasteiger partial charge in [0.25, 0.3) is 5.91 Å². The van der Waals surface area contributed by atoms with E-state index in [9.17, 15) is 9.59 Å². The van der Waals surface area contributed by atoms with Crippen LogP contribution in [0.15, 0.2) is 47.6 Å². The molecule has 8 nitrogen and oxygen atoms in total. The molecule has 3 rings (SSSR count). The fraction of sp³-hybridized carbons (Fsp3) is 0.333. The lowest BCUT2D eigenvalue weighted by Crippen LogP contribution is -2.36. The summed E-state index contributed by atoms with van der Waals surface area (Å²) in [6, 6.07) is 12.5. The number of hydrogen-bond acceptors (Lipinski definition) is 6. The van der Waals surface area contributed by atoms with E-state index in [0.717, 1.165) is 6.42 Å². The van der Waals surface area contributed by atoms with Crippen molar-refractivity contribution in [1.29, 1.82) is 0 Å². The molecule has 0 aliphatic heterocycles. The second-order valence-electron chi connectivity index (χ2n) is 7.58. The van der Waals surface area contributed by atoms with Gasteiger partial charge in [0.2, 0.25) is 5.91 Å². The number of anilines is 1. The fourth-order valence-corrected chi connectivity index (χ4v) is 4.43. The molecule has 0 bridgehead atoms. The highest BCUT2D eigenvalue weighted by atomic mass is 35.5. The first-order chi connectivity index (χ1) is 16.8. The van der Waals surface area contributed by atoms with Gasteiger partial charge in [-0.15, -0.1) is 10.2 Å². The van der Waals surface area contributed by atoms with Crippen molar-refractivity contribution < 1.29 is 14.3 Å². The molecule has 186 valence electrons. The molecule has 0 saturated carbocycles. The average Bonchev–Trinajstić information content (AvgIpc) is 3.25. The number of benzene rings is 2. The van der Waals surface area contributed by atoms with Crippen LogP contribution >= 0.6 is 35.0 Å². The van der Waals surface area contributed by atoms with Crippen molar-refractivity contribution in [2.45, 2.75) is 51.5 Å². The molecule has 3 aromatic rings. The molecular weight excluding hydrogens is 509 g/mol. The van der Waals surface area contributed by atoms with Gasteiger partial charge in [-0.25, -0.2) is 0 Å². The summed E-state index contributed by atoms with van der Waals surface area (Å²) in [4.78, 5) is 24.9. The Morgan fingerprint density at radius 1 is 1.11 bits per heavy atom. The Balaban J connectivity index is 1.51. The summed E-state index contributed by atoms with van der Waals surface area (Å²) < 4.78 is 7.58. The van der Waals surface area contributed by atoms with Crippen LogP contribution < -0.4 is 15.4 Å². The molecule has 35 heavy (non-hydrogen) atoms. The summed E-state index contributed by atoms with van der Waals surface area (Å²) in [5.41, 5.74) is 1.69. The molecule has 2 N–H and O–H groups in total. The van der Waals surface area contributed by atoms with Gasteiger partial charge in [-0.3, -0.25) is 9.59 Å². The maximum absolute atomic E-state index is 12.5. The van der Waals surface area contributed by atoms with Gasteiger partial charge < -0.3 is 19.9 Å². The summed E-state index contributed by atoms with van der Waals surface area (Å²) in [7, 11) is 0. The number of amides is 2. The van der Waals surface area contributed by atoms with E-state index in [1.807, 2.05) is 35.8 Å². The summed E-state index contributed by atoms with van der Waals surface area (Å²) in [5, 5.41) is 15.4. The van der Waals surface area contributed by atoms with Crippen LogP contribution in [-0.4, -0.2) is 38.4 Å². The number of carbonyl (C=O) groups is 2. The Hall–Kier alpha value is -2.75. The van der Waals surface area contributed by atoms with Gasteiger partial charge in [0, 0.05) is 11.6 Å². The number of rotatable bonds is 11. The number of ether oxygens (including phenoxy) is 1. The molecule has 0 aliphatic rings. The molecule has 2 aromatic carbocycles. The molecule has 2 amide bonds. The lowest BCUT2D eigenvalue weighted by atomic mass is 10.2. The molecule has 0 unspecified atom stereocenters. The normalized spacial score (nSPS) is 11.7. The SMILES string of the molecule is CCc1ccc(O[C@@H](C)C(=O)NCc2nnc(SCC(=O)Nc3ccc(Cl)cc3Cl)n2CC)cc1. The Morgan fingerprint density at radius 2 is 1.86 bits per heavy atom. The molecule has 0 radical (unpaired) electrons. The highest BCUT2D eigenvalue weighted by Crippen LogP contribution is 2.26. The zero-order chi connectivity index (χ0) is 25.4. The van der Waals surface area contributed by atoms with Crippen molar-refractivity contribution in [3.63, 3.8) is 0 Å². The van der Waals surface area contributed by atoms with Crippen molar-refractivity contribution in [3.05, 3.63) is 63.9 Å². The third-order valence-corrected chi connectivity index (χ3v) is 6.60. The maximum Gasteiger partial charge on any atom is 0.261 e. The first kappa shape index (κ1) is 26.8. The highest BCUT2D eigenvalue weighted by molar-refractivity contribution is 7.99. The first-order valence-corrected chi connectivity index (χ1v) is 12.9. The molecule has 0 aliphatic carbocycles. The van der Waals surface area contributed by atoms with Crippen molar-refractivity contribution in [3.8, 4) is 5.75 Å². The third-order valence-electron chi connectivity index (χ3n) is 5.08. The number of nitrogens with one attached hydrogen (secondary N) is 2. The third kappa shape index (κ3) is 7.62. The number of carbonyl (C=O) groups excluding carboxylic acids is 2. The first-order valence-electron chi connectivity index (χ1n) is 11.1. The van der Waals surface area contributed by atoms with Crippen LogP contribution in [0.2, 0.25) is 10.0 Å². The summed E-state index contributed by atoms with van der Waals surface area (Å²) in [6.07, 6.45) is 0.272. The van der Waals surface area contributed by atoms with Gasteiger partial charge in [0.15, 0.2) is 17.1 Å². The Labute approximate surface area is 218 Å².